The molecule has 1 atom stereocenters. The molecule has 4 amide bonds. The minimum Gasteiger partial charge on any atom is -0.348 e. The third-order valence-electron chi connectivity index (χ3n) is 2.33. The molecule has 0 radical (unpaired) electrons. The van der Waals surface area contributed by atoms with Gasteiger partial charge in [0.1, 0.15) is 18.9 Å². The van der Waals surface area contributed by atoms with Gasteiger partial charge in [-0.05, 0) is 6.92 Å². The van der Waals surface area contributed by atoms with Crippen LogP contribution >= 0.6 is 0 Å². The zero-order valence-electron chi connectivity index (χ0n) is 10.2. The maximum absolute atomic E-state index is 11.5. The number of nitrogens with one attached hydrogen (secondary N) is 2. The highest BCUT2D eigenvalue weighted by Gasteiger charge is 2.26. The minimum absolute atomic E-state index is 0.147. The molecular weight excluding hydrogens is 254 g/mol. The van der Waals surface area contributed by atoms with E-state index in [-0.39, 0.29) is 6.54 Å². The van der Waals surface area contributed by atoms with Crippen molar-refractivity contribution in [1.29, 1.82) is 0 Å². The highest BCUT2D eigenvalue weighted by atomic mass is 16.2. The van der Waals surface area contributed by atoms with Gasteiger partial charge >= 0.3 is 0 Å². The van der Waals surface area contributed by atoms with Crippen LogP contribution in [-0.4, -0.2) is 53.9 Å². The van der Waals surface area contributed by atoms with Crippen LogP contribution in [0.15, 0.2) is 12.2 Å². The van der Waals surface area contributed by atoms with Crippen molar-refractivity contribution < 1.29 is 24.0 Å². The van der Waals surface area contributed by atoms with Gasteiger partial charge in [-0.2, -0.15) is 0 Å². The van der Waals surface area contributed by atoms with Gasteiger partial charge in [-0.15, -0.1) is 0 Å². The Balaban J connectivity index is 2.43. The van der Waals surface area contributed by atoms with E-state index in [4.69, 9.17) is 0 Å². The second-order valence-corrected chi connectivity index (χ2v) is 3.80. The van der Waals surface area contributed by atoms with Crippen molar-refractivity contribution in [2.45, 2.75) is 13.0 Å². The highest BCUT2D eigenvalue weighted by molar-refractivity contribution is 6.14. The van der Waals surface area contributed by atoms with Gasteiger partial charge in [-0.3, -0.25) is 24.1 Å². The largest absolute Gasteiger partial charge is 0.348 e. The van der Waals surface area contributed by atoms with Crippen molar-refractivity contribution >= 4 is 29.9 Å². The van der Waals surface area contributed by atoms with E-state index in [0.717, 1.165) is 17.1 Å². The number of aldehydes is 1. The molecule has 8 nitrogen and oxygen atoms in total. The van der Waals surface area contributed by atoms with Crippen LogP contribution in [-0.2, 0) is 24.0 Å². The number of imide groups is 1. The van der Waals surface area contributed by atoms with Gasteiger partial charge in [0.05, 0.1) is 6.54 Å². The molecule has 0 fully saturated rings. The molecule has 1 heterocycles. The summed E-state index contributed by atoms with van der Waals surface area (Å²) in [7, 11) is 0. The average Bonchev–Trinajstić information content (AvgIpc) is 2.67. The monoisotopic (exact) mass is 267 g/mol. The van der Waals surface area contributed by atoms with E-state index in [9.17, 15) is 24.0 Å². The second-order valence-electron chi connectivity index (χ2n) is 3.80. The van der Waals surface area contributed by atoms with E-state index in [1.807, 2.05) is 0 Å². The summed E-state index contributed by atoms with van der Waals surface area (Å²) in [6.07, 6.45) is 2.64. The van der Waals surface area contributed by atoms with E-state index in [1.165, 1.54) is 6.92 Å². The van der Waals surface area contributed by atoms with Gasteiger partial charge in [-0.1, -0.05) is 0 Å². The average molecular weight is 267 g/mol. The Kier molecular flexibility index (Phi) is 4.92. The van der Waals surface area contributed by atoms with Crippen LogP contribution in [0.5, 0.6) is 0 Å². The summed E-state index contributed by atoms with van der Waals surface area (Å²) in [5.74, 6) is -2.31. The zero-order valence-corrected chi connectivity index (χ0v) is 10.2. The lowest BCUT2D eigenvalue weighted by molar-refractivity contribution is -0.141. The van der Waals surface area contributed by atoms with Gasteiger partial charge in [0.25, 0.3) is 11.8 Å². The van der Waals surface area contributed by atoms with Crippen LogP contribution in [0, 0.1) is 0 Å². The Hall–Kier alpha value is -2.51. The Labute approximate surface area is 108 Å². The van der Waals surface area contributed by atoms with Crippen LogP contribution in [0.1, 0.15) is 6.92 Å². The Morgan fingerprint density at radius 1 is 1.32 bits per heavy atom. The first kappa shape index (κ1) is 14.6. The quantitative estimate of drug-likeness (QED) is 0.416. The molecular formula is C11H13N3O5. The molecule has 8 heteroatoms. The van der Waals surface area contributed by atoms with Crippen molar-refractivity contribution in [3.8, 4) is 0 Å². The maximum atomic E-state index is 11.5. The number of amides is 4. The lowest BCUT2D eigenvalue weighted by atomic mass is 10.3. The minimum atomic E-state index is -0.867. The number of rotatable bonds is 6. The lowest BCUT2D eigenvalue weighted by Crippen LogP contribution is -2.49. The SMILES string of the molecule is CC(NC(=O)CN1C(=O)C=CC1=O)C(=O)NCC=O. The topological polar surface area (TPSA) is 113 Å². The second kappa shape index (κ2) is 6.43. The predicted octanol–water partition coefficient (Wildman–Crippen LogP) is -2.27. The van der Waals surface area contributed by atoms with Crippen LogP contribution < -0.4 is 10.6 Å². The highest BCUT2D eigenvalue weighted by Crippen LogP contribution is 2.02. The predicted molar refractivity (Wildman–Crippen MR) is 62.5 cm³/mol. The molecule has 2 N–H and O–H groups in total. The number of hydrogen-bond acceptors (Lipinski definition) is 5. The standard InChI is InChI=1S/C11H13N3O5/c1-7(11(19)12-4-5-15)13-8(16)6-14-9(17)2-3-10(14)18/h2-3,5,7H,4,6H2,1H3,(H,12,19)(H,13,16). The fourth-order valence-corrected chi connectivity index (χ4v) is 1.38. The molecule has 0 spiro atoms. The smallest absolute Gasteiger partial charge is 0.254 e. The van der Waals surface area contributed by atoms with E-state index >= 15 is 0 Å². The third kappa shape index (κ3) is 4.02. The van der Waals surface area contributed by atoms with E-state index < -0.39 is 36.2 Å². The molecule has 19 heavy (non-hydrogen) atoms. The summed E-state index contributed by atoms with van der Waals surface area (Å²) in [4.78, 5) is 56.1. The van der Waals surface area contributed by atoms with Crippen molar-refractivity contribution in [2.24, 2.45) is 0 Å². The van der Waals surface area contributed by atoms with Crippen molar-refractivity contribution in [1.82, 2.24) is 15.5 Å². The Morgan fingerprint density at radius 3 is 2.42 bits per heavy atom. The lowest BCUT2D eigenvalue weighted by Gasteiger charge is -2.16. The molecule has 0 aromatic rings. The van der Waals surface area contributed by atoms with Gasteiger partial charge in [0.15, 0.2) is 0 Å². The molecule has 0 bridgehead atoms. The Bertz CT molecular complexity index is 439. The van der Waals surface area contributed by atoms with Crippen LogP contribution in [0.3, 0.4) is 0 Å². The van der Waals surface area contributed by atoms with Crippen molar-refractivity contribution in [2.75, 3.05) is 13.1 Å². The summed E-state index contributed by atoms with van der Waals surface area (Å²) in [6.45, 7) is 0.825. The zero-order chi connectivity index (χ0) is 14.4. The molecule has 102 valence electrons. The molecule has 1 unspecified atom stereocenters. The molecule has 0 aromatic carbocycles. The first-order valence-corrected chi connectivity index (χ1v) is 5.50. The van der Waals surface area contributed by atoms with Gasteiger partial charge in [0, 0.05) is 12.2 Å². The first-order chi connectivity index (χ1) is 8.95. The fourth-order valence-electron chi connectivity index (χ4n) is 1.38. The van der Waals surface area contributed by atoms with Crippen molar-refractivity contribution in [3.63, 3.8) is 0 Å². The Morgan fingerprint density at radius 2 is 1.89 bits per heavy atom. The molecule has 0 saturated carbocycles. The number of carbonyl (C=O) groups excluding carboxylic acids is 5. The normalized spacial score (nSPS) is 15.3. The van der Waals surface area contributed by atoms with Crippen LogP contribution in [0.2, 0.25) is 0 Å². The molecule has 0 saturated heterocycles. The first-order valence-electron chi connectivity index (χ1n) is 5.50. The fraction of sp³-hybridized carbons (Fsp3) is 0.364. The maximum Gasteiger partial charge on any atom is 0.254 e. The summed E-state index contributed by atoms with van der Waals surface area (Å²) in [6, 6.07) is -0.867. The van der Waals surface area contributed by atoms with E-state index in [0.29, 0.717) is 6.29 Å². The third-order valence-corrected chi connectivity index (χ3v) is 2.33. The van der Waals surface area contributed by atoms with E-state index in [2.05, 4.69) is 10.6 Å². The molecule has 0 aromatic heterocycles. The van der Waals surface area contributed by atoms with Gasteiger partial charge in [-0.25, -0.2) is 0 Å². The summed E-state index contributed by atoms with van der Waals surface area (Å²) in [5.41, 5.74) is 0. The van der Waals surface area contributed by atoms with Gasteiger partial charge in [0.2, 0.25) is 11.8 Å². The molecule has 0 aliphatic carbocycles. The van der Waals surface area contributed by atoms with Crippen LogP contribution in [0.25, 0.3) is 0 Å². The summed E-state index contributed by atoms with van der Waals surface area (Å²) < 4.78 is 0. The molecule has 1 rings (SSSR count). The number of hydrogen-bond donors (Lipinski definition) is 2. The van der Waals surface area contributed by atoms with Crippen LogP contribution in [0.4, 0.5) is 0 Å². The number of nitrogens with zero attached hydrogens (tertiary/aromatic N) is 1. The van der Waals surface area contributed by atoms with E-state index in [1.54, 1.807) is 0 Å². The molecule has 1 aliphatic rings. The van der Waals surface area contributed by atoms with Gasteiger partial charge < -0.3 is 15.4 Å². The summed E-state index contributed by atoms with van der Waals surface area (Å²) in [5, 5.41) is 4.58. The van der Waals surface area contributed by atoms with Crippen molar-refractivity contribution in [3.05, 3.63) is 12.2 Å². The summed E-state index contributed by atoms with van der Waals surface area (Å²) >= 11 is 0. The molecule has 1 aliphatic heterocycles. The number of carbonyl (C=O) groups is 5.